The normalized spacial score (nSPS) is 13.2. The second-order valence-corrected chi connectivity index (χ2v) is 2.97. The highest BCUT2D eigenvalue weighted by atomic mass is 16.5. The van der Waals surface area contributed by atoms with Gasteiger partial charge in [0.15, 0.2) is 0 Å². The highest BCUT2D eigenvalue weighted by Gasteiger charge is 2.06. The molecule has 1 atom stereocenters. The van der Waals surface area contributed by atoms with Crippen LogP contribution in [0.5, 0.6) is 0 Å². The Morgan fingerprint density at radius 2 is 2.50 bits per heavy atom. The van der Waals surface area contributed by atoms with Gasteiger partial charge in [0.05, 0.1) is 13.4 Å². The number of hydrogen-bond donors (Lipinski definition) is 0. The molecular formula is C10H15O2. The van der Waals surface area contributed by atoms with E-state index in [1.807, 2.05) is 12.1 Å². The van der Waals surface area contributed by atoms with Crippen LogP contribution >= 0.6 is 0 Å². The monoisotopic (exact) mass is 167 g/mol. The molecule has 0 spiro atoms. The van der Waals surface area contributed by atoms with Gasteiger partial charge in [-0.05, 0) is 25.0 Å². The van der Waals surface area contributed by atoms with E-state index in [1.165, 1.54) is 0 Å². The summed E-state index contributed by atoms with van der Waals surface area (Å²) >= 11 is 0. The molecule has 1 rings (SSSR count). The van der Waals surface area contributed by atoms with Crippen LogP contribution < -0.4 is 0 Å². The second-order valence-electron chi connectivity index (χ2n) is 2.97. The third kappa shape index (κ3) is 2.70. The van der Waals surface area contributed by atoms with E-state index < -0.39 is 0 Å². The molecular weight excluding hydrogens is 152 g/mol. The van der Waals surface area contributed by atoms with Gasteiger partial charge in [-0.2, -0.15) is 0 Å². The summed E-state index contributed by atoms with van der Waals surface area (Å²) in [6, 6.07) is 3.93. The third-order valence-electron chi connectivity index (χ3n) is 1.95. The maximum absolute atomic E-state index is 5.27. The van der Waals surface area contributed by atoms with Crippen LogP contribution in [0, 0.1) is 7.11 Å². The Balaban J connectivity index is 2.25. The summed E-state index contributed by atoms with van der Waals surface area (Å²) in [4.78, 5) is 0. The number of rotatable bonds is 5. The SMILES string of the molecule is [CH2]OCCCC(C)c1ccco1. The van der Waals surface area contributed by atoms with Gasteiger partial charge in [0, 0.05) is 12.5 Å². The zero-order chi connectivity index (χ0) is 8.81. The maximum atomic E-state index is 5.27. The highest BCUT2D eigenvalue weighted by molar-refractivity contribution is 5.03. The van der Waals surface area contributed by atoms with Crippen molar-refractivity contribution in [1.29, 1.82) is 0 Å². The lowest BCUT2D eigenvalue weighted by Crippen LogP contribution is -1.94. The first-order chi connectivity index (χ1) is 5.84. The van der Waals surface area contributed by atoms with Crippen molar-refractivity contribution in [2.24, 2.45) is 0 Å². The fourth-order valence-corrected chi connectivity index (χ4v) is 1.21. The van der Waals surface area contributed by atoms with E-state index in [0.717, 1.165) is 25.2 Å². The predicted molar refractivity (Wildman–Crippen MR) is 47.7 cm³/mol. The van der Waals surface area contributed by atoms with E-state index in [1.54, 1.807) is 6.26 Å². The standard InChI is InChI=1S/C10H15O2/c1-9(5-3-7-11-2)10-6-4-8-12-10/h4,6,8-9H,2-3,5,7H2,1H3. The smallest absolute Gasteiger partial charge is 0.106 e. The first kappa shape index (κ1) is 9.33. The molecule has 1 radical (unpaired) electrons. The van der Waals surface area contributed by atoms with Crippen LogP contribution in [-0.4, -0.2) is 6.61 Å². The Labute approximate surface area is 73.5 Å². The summed E-state index contributed by atoms with van der Waals surface area (Å²) in [7, 11) is 3.32. The lowest BCUT2D eigenvalue weighted by Gasteiger charge is -2.06. The molecule has 2 heteroatoms. The fraction of sp³-hybridized carbons (Fsp3) is 0.500. The molecule has 0 bridgehead atoms. The van der Waals surface area contributed by atoms with Gasteiger partial charge in [0.2, 0.25) is 0 Å². The van der Waals surface area contributed by atoms with Gasteiger partial charge in [-0.15, -0.1) is 0 Å². The molecule has 1 aromatic rings. The van der Waals surface area contributed by atoms with Crippen LogP contribution in [0.15, 0.2) is 22.8 Å². The Bertz CT molecular complexity index is 192. The number of hydrogen-bond acceptors (Lipinski definition) is 2. The van der Waals surface area contributed by atoms with Gasteiger partial charge in [-0.25, -0.2) is 0 Å². The second kappa shape index (κ2) is 4.99. The molecule has 0 aliphatic rings. The van der Waals surface area contributed by atoms with E-state index in [4.69, 9.17) is 9.15 Å². The van der Waals surface area contributed by atoms with Crippen molar-refractivity contribution in [3.05, 3.63) is 31.3 Å². The van der Waals surface area contributed by atoms with Gasteiger partial charge in [0.1, 0.15) is 5.76 Å². The molecule has 0 N–H and O–H groups in total. The molecule has 0 saturated carbocycles. The molecule has 1 heterocycles. The zero-order valence-electron chi connectivity index (χ0n) is 7.45. The van der Waals surface area contributed by atoms with Gasteiger partial charge < -0.3 is 9.15 Å². The van der Waals surface area contributed by atoms with Crippen LogP contribution in [0.1, 0.15) is 31.4 Å². The van der Waals surface area contributed by atoms with Crippen molar-refractivity contribution in [2.75, 3.05) is 6.61 Å². The van der Waals surface area contributed by atoms with Crippen molar-refractivity contribution in [3.8, 4) is 0 Å². The minimum absolute atomic E-state index is 0.482. The topological polar surface area (TPSA) is 22.4 Å². The average molecular weight is 167 g/mol. The zero-order valence-corrected chi connectivity index (χ0v) is 7.45. The van der Waals surface area contributed by atoms with Crippen LogP contribution in [0.2, 0.25) is 0 Å². The third-order valence-corrected chi connectivity index (χ3v) is 1.95. The molecule has 2 nitrogen and oxygen atoms in total. The van der Waals surface area contributed by atoms with Crippen LogP contribution in [-0.2, 0) is 4.74 Å². The average Bonchev–Trinajstić information content (AvgIpc) is 2.56. The minimum atomic E-state index is 0.482. The Morgan fingerprint density at radius 3 is 3.08 bits per heavy atom. The molecule has 0 amide bonds. The van der Waals surface area contributed by atoms with Gasteiger partial charge in [-0.3, -0.25) is 0 Å². The van der Waals surface area contributed by atoms with E-state index in [2.05, 4.69) is 14.0 Å². The first-order valence-electron chi connectivity index (χ1n) is 4.25. The lowest BCUT2D eigenvalue weighted by atomic mass is 10.0. The molecule has 1 unspecified atom stereocenters. The van der Waals surface area contributed by atoms with Crippen LogP contribution in [0.3, 0.4) is 0 Å². The summed E-state index contributed by atoms with van der Waals surface area (Å²) in [6.45, 7) is 2.88. The summed E-state index contributed by atoms with van der Waals surface area (Å²) < 4.78 is 10.00. The van der Waals surface area contributed by atoms with Crippen molar-refractivity contribution in [3.63, 3.8) is 0 Å². The highest BCUT2D eigenvalue weighted by Crippen LogP contribution is 2.20. The summed E-state index contributed by atoms with van der Waals surface area (Å²) in [5.74, 6) is 1.54. The number of furan rings is 1. The minimum Gasteiger partial charge on any atom is -0.469 e. The fourth-order valence-electron chi connectivity index (χ4n) is 1.21. The molecule has 1 aromatic heterocycles. The summed E-state index contributed by atoms with van der Waals surface area (Å²) in [5.41, 5.74) is 0. The van der Waals surface area contributed by atoms with Gasteiger partial charge in [-0.1, -0.05) is 6.92 Å². The van der Waals surface area contributed by atoms with Gasteiger partial charge >= 0.3 is 0 Å². The Hall–Kier alpha value is -0.760. The predicted octanol–water partition coefficient (Wildman–Crippen LogP) is 2.97. The summed E-state index contributed by atoms with van der Waals surface area (Å²) in [6.07, 6.45) is 3.83. The molecule has 0 fully saturated rings. The largest absolute Gasteiger partial charge is 0.469 e. The van der Waals surface area contributed by atoms with E-state index in [-0.39, 0.29) is 0 Å². The molecule has 0 aliphatic heterocycles. The molecule has 12 heavy (non-hydrogen) atoms. The van der Waals surface area contributed by atoms with Gasteiger partial charge in [0.25, 0.3) is 0 Å². The first-order valence-corrected chi connectivity index (χ1v) is 4.25. The Kier molecular flexibility index (Phi) is 3.88. The van der Waals surface area contributed by atoms with Crippen LogP contribution in [0.25, 0.3) is 0 Å². The lowest BCUT2D eigenvalue weighted by molar-refractivity contribution is 0.230. The molecule has 0 aromatic carbocycles. The van der Waals surface area contributed by atoms with Crippen molar-refractivity contribution in [2.45, 2.75) is 25.7 Å². The Morgan fingerprint density at radius 1 is 1.67 bits per heavy atom. The quantitative estimate of drug-likeness (QED) is 0.629. The molecule has 67 valence electrons. The van der Waals surface area contributed by atoms with Crippen molar-refractivity contribution < 1.29 is 9.15 Å². The molecule has 0 aliphatic carbocycles. The van der Waals surface area contributed by atoms with Crippen LogP contribution in [0.4, 0.5) is 0 Å². The maximum Gasteiger partial charge on any atom is 0.106 e. The number of ether oxygens (including phenoxy) is 1. The van der Waals surface area contributed by atoms with Crippen molar-refractivity contribution in [1.82, 2.24) is 0 Å². The van der Waals surface area contributed by atoms with E-state index >= 15 is 0 Å². The summed E-state index contributed by atoms with van der Waals surface area (Å²) in [5, 5.41) is 0. The molecule has 0 saturated heterocycles. The van der Waals surface area contributed by atoms with Crippen molar-refractivity contribution >= 4 is 0 Å². The van der Waals surface area contributed by atoms with E-state index in [0.29, 0.717) is 5.92 Å². The van der Waals surface area contributed by atoms with E-state index in [9.17, 15) is 0 Å².